The Kier molecular flexibility index (Phi) is 9.38. The van der Waals surface area contributed by atoms with E-state index >= 15 is 0 Å². The Balaban J connectivity index is 1.77. The molecule has 3 aliphatic rings. The molecule has 8 heteroatoms. The Morgan fingerprint density at radius 3 is 2.09 bits per heavy atom. The van der Waals surface area contributed by atoms with Gasteiger partial charge in [-0.25, -0.2) is 4.79 Å². The highest BCUT2D eigenvalue weighted by molar-refractivity contribution is 5.87. The molecule has 2 bridgehead atoms. The maximum Gasteiger partial charge on any atom is 0.331 e. The standard InChI is InChI=1S/C35H44O8/c1-20-27-18-26-19-29(40-22(3)36)21(2)31(34(26,6)7)32(41-23(4)37)33(42-24(5)38)35(27,8)17-16-28(20)43-30(39)15-14-25-12-10-9-11-13-25/h9-15,26-29,32-33H,1,16-19H2,2-8H3/t26-,27-,28+,29+,32-,33+,35-/m1/s1. The van der Waals surface area contributed by atoms with Crippen LogP contribution in [-0.2, 0) is 38.1 Å². The molecule has 0 spiro atoms. The fourth-order valence-corrected chi connectivity index (χ4v) is 7.66. The summed E-state index contributed by atoms with van der Waals surface area (Å²) in [6.45, 7) is 16.7. The van der Waals surface area contributed by atoms with Crippen molar-refractivity contribution in [2.24, 2.45) is 22.7 Å². The van der Waals surface area contributed by atoms with Gasteiger partial charge in [0.2, 0.25) is 0 Å². The molecule has 0 saturated heterocycles. The quantitative estimate of drug-likeness (QED) is 0.168. The third kappa shape index (κ3) is 6.63. The van der Waals surface area contributed by atoms with E-state index in [-0.39, 0.29) is 11.8 Å². The van der Waals surface area contributed by atoms with E-state index < -0.39 is 59.1 Å². The fraction of sp³-hybridized carbons (Fsp3) is 0.543. The van der Waals surface area contributed by atoms with E-state index in [1.165, 1.54) is 26.8 Å². The smallest absolute Gasteiger partial charge is 0.331 e. The number of hydrogen-bond acceptors (Lipinski definition) is 8. The molecule has 0 unspecified atom stereocenters. The average Bonchev–Trinajstić information content (AvgIpc) is 2.91. The second kappa shape index (κ2) is 12.5. The normalized spacial score (nSPS) is 31.7. The molecule has 4 rings (SSSR count). The second-order valence-electron chi connectivity index (χ2n) is 13.0. The molecule has 0 aliphatic heterocycles. The third-order valence-corrected chi connectivity index (χ3v) is 9.82. The van der Waals surface area contributed by atoms with Crippen molar-refractivity contribution in [1.29, 1.82) is 0 Å². The summed E-state index contributed by atoms with van der Waals surface area (Å²) in [5, 5.41) is 0. The minimum atomic E-state index is -0.897. The van der Waals surface area contributed by atoms with Gasteiger partial charge in [-0.1, -0.05) is 57.7 Å². The zero-order valence-corrected chi connectivity index (χ0v) is 26.3. The molecule has 2 fully saturated rings. The van der Waals surface area contributed by atoms with Crippen molar-refractivity contribution in [2.45, 2.75) is 98.6 Å². The molecule has 0 radical (unpaired) electrons. The van der Waals surface area contributed by atoms with Gasteiger partial charge in [-0.2, -0.15) is 0 Å². The third-order valence-electron chi connectivity index (χ3n) is 9.82. The van der Waals surface area contributed by atoms with Crippen molar-refractivity contribution in [3.05, 3.63) is 65.3 Å². The summed E-state index contributed by atoms with van der Waals surface area (Å²) in [6, 6.07) is 9.50. The molecule has 2 saturated carbocycles. The van der Waals surface area contributed by atoms with Crippen LogP contribution in [0, 0.1) is 22.7 Å². The van der Waals surface area contributed by atoms with Gasteiger partial charge in [0.05, 0.1) is 0 Å². The molecule has 0 amide bonds. The zero-order valence-electron chi connectivity index (χ0n) is 26.3. The summed E-state index contributed by atoms with van der Waals surface area (Å²) in [7, 11) is 0. The first-order chi connectivity index (χ1) is 20.1. The predicted molar refractivity (Wildman–Crippen MR) is 161 cm³/mol. The number of carbonyl (C=O) groups excluding carboxylic acids is 4. The van der Waals surface area contributed by atoms with Crippen LogP contribution >= 0.6 is 0 Å². The van der Waals surface area contributed by atoms with Crippen LogP contribution in [-0.4, -0.2) is 48.3 Å². The van der Waals surface area contributed by atoms with Gasteiger partial charge in [-0.3, -0.25) is 14.4 Å². The van der Waals surface area contributed by atoms with E-state index in [0.29, 0.717) is 25.7 Å². The van der Waals surface area contributed by atoms with Crippen LogP contribution in [0.2, 0.25) is 0 Å². The topological polar surface area (TPSA) is 105 Å². The van der Waals surface area contributed by atoms with Gasteiger partial charge in [0.15, 0.2) is 6.10 Å². The number of esters is 4. The van der Waals surface area contributed by atoms with Gasteiger partial charge >= 0.3 is 23.9 Å². The van der Waals surface area contributed by atoms with Crippen molar-refractivity contribution < 1.29 is 38.1 Å². The monoisotopic (exact) mass is 592 g/mol. The molecule has 7 atom stereocenters. The Morgan fingerprint density at radius 2 is 1.49 bits per heavy atom. The first-order valence-corrected chi connectivity index (χ1v) is 15.0. The van der Waals surface area contributed by atoms with E-state index in [1.807, 2.05) is 44.2 Å². The minimum Gasteiger partial charge on any atom is -0.458 e. The maximum absolute atomic E-state index is 12.9. The number of carbonyl (C=O) groups is 4. The zero-order chi connectivity index (χ0) is 31.7. The van der Waals surface area contributed by atoms with Gasteiger partial charge in [0.1, 0.15) is 18.3 Å². The Hall–Kier alpha value is -3.68. The van der Waals surface area contributed by atoms with Crippen molar-refractivity contribution in [3.63, 3.8) is 0 Å². The summed E-state index contributed by atoms with van der Waals surface area (Å²) in [5.41, 5.74) is 2.08. The Labute approximate surface area is 254 Å². The van der Waals surface area contributed by atoms with E-state index in [0.717, 1.165) is 22.3 Å². The lowest BCUT2D eigenvalue weighted by molar-refractivity contribution is -0.187. The summed E-state index contributed by atoms with van der Waals surface area (Å²) in [5.74, 6) is -2.11. The Bertz CT molecular complexity index is 1340. The van der Waals surface area contributed by atoms with Crippen LogP contribution in [0.15, 0.2) is 59.7 Å². The summed E-state index contributed by atoms with van der Waals surface area (Å²) < 4.78 is 23.9. The van der Waals surface area contributed by atoms with E-state index in [2.05, 4.69) is 20.4 Å². The van der Waals surface area contributed by atoms with Crippen molar-refractivity contribution in [3.8, 4) is 0 Å². The Morgan fingerprint density at radius 1 is 0.860 bits per heavy atom. The number of fused-ring (bicyclic) bond motifs is 3. The summed E-state index contributed by atoms with van der Waals surface area (Å²) in [6.07, 6.45) is 2.57. The van der Waals surface area contributed by atoms with E-state index in [9.17, 15) is 19.2 Å². The van der Waals surface area contributed by atoms with Crippen LogP contribution in [0.25, 0.3) is 6.08 Å². The molecule has 1 aromatic rings. The van der Waals surface area contributed by atoms with Gasteiger partial charge in [-0.05, 0) is 78.2 Å². The lowest BCUT2D eigenvalue weighted by Crippen LogP contribution is -2.59. The lowest BCUT2D eigenvalue weighted by Gasteiger charge is -2.58. The van der Waals surface area contributed by atoms with Crippen LogP contribution in [0.5, 0.6) is 0 Å². The molecular formula is C35H44O8. The molecular weight excluding hydrogens is 548 g/mol. The largest absolute Gasteiger partial charge is 0.458 e. The summed E-state index contributed by atoms with van der Waals surface area (Å²) >= 11 is 0. The van der Waals surface area contributed by atoms with Gasteiger partial charge in [0, 0.05) is 32.3 Å². The fourth-order valence-electron chi connectivity index (χ4n) is 7.66. The van der Waals surface area contributed by atoms with Gasteiger partial charge in [-0.15, -0.1) is 0 Å². The highest BCUT2D eigenvalue weighted by Crippen LogP contribution is 2.60. The first-order valence-electron chi connectivity index (χ1n) is 15.0. The SMILES string of the molecule is C=C1[C@@H](OC(=O)C=Cc2ccccc2)CC[C@]2(C)[C@@H]1C[C@@H]1C[C@H](OC(C)=O)C(C)=C([C@@H](OC(C)=O)[C@@H]2OC(C)=O)C1(C)C. The molecule has 1 aromatic carbocycles. The molecule has 0 N–H and O–H groups in total. The molecule has 3 aliphatic carbocycles. The van der Waals surface area contributed by atoms with Crippen LogP contribution in [0.3, 0.4) is 0 Å². The molecule has 0 heterocycles. The summed E-state index contributed by atoms with van der Waals surface area (Å²) in [4.78, 5) is 50.2. The maximum atomic E-state index is 12.9. The van der Waals surface area contributed by atoms with E-state index in [1.54, 1.807) is 6.08 Å². The number of hydrogen-bond donors (Lipinski definition) is 0. The molecule has 43 heavy (non-hydrogen) atoms. The first kappa shape index (κ1) is 32.2. The highest BCUT2D eigenvalue weighted by atomic mass is 16.6. The van der Waals surface area contributed by atoms with Crippen molar-refractivity contribution >= 4 is 30.0 Å². The van der Waals surface area contributed by atoms with Crippen LogP contribution < -0.4 is 0 Å². The number of ether oxygens (including phenoxy) is 4. The predicted octanol–water partition coefficient (Wildman–Crippen LogP) is 6.15. The second-order valence-corrected chi connectivity index (χ2v) is 13.0. The van der Waals surface area contributed by atoms with Crippen LogP contribution in [0.4, 0.5) is 0 Å². The van der Waals surface area contributed by atoms with Crippen molar-refractivity contribution in [1.82, 2.24) is 0 Å². The number of rotatable bonds is 6. The minimum absolute atomic E-state index is 0.000360. The lowest BCUT2D eigenvalue weighted by atomic mass is 9.50. The van der Waals surface area contributed by atoms with Crippen LogP contribution in [0.1, 0.15) is 79.7 Å². The number of benzene rings is 1. The van der Waals surface area contributed by atoms with E-state index in [4.69, 9.17) is 18.9 Å². The van der Waals surface area contributed by atoms with Gasteiger partial charge in [0.25, 0.3) is 0 Å². The highest BCUT2D eigenvalue weighted by Gasteiger charge is 2.60. The van der Waals surface area contributed by atoms with Crippen molar-refractivity contribution in [2.75, 3.05) is 0 Å². The molecule has 232 valence electrons. The average molecular weight is 593 g/mol. The van der Waals surface area contributed by atoms with Gasteiger partial charge < -0.3 is 18.9 Å². The molecule has 0 aromatic heterocycles. The molecule has 8 nitrogen and oxygen atoms in total.